The fraction of sp³-hybridized carbons (Fsp3) is 0.300. The van der Waals surface area contributed by atoms with Crippen molar-refractivity contribution in [2.24, 2.45) is 0 Å². The van der Waals surface area contributed by atoms with Crippen LogP contribution in [0.25, 0.3) is 10.2 Å². The lowest BCUT2D eigenvalue weighted by Gasteiger charge is -2.13. The topological polar surface area (TPSA) is 25.4 Å². The third-order valence-corrected chi connectivity index (χ3v) is 2.90. The van der Waals surface area contributed by atoms with Gasteiger partial charge in [0.15, 0.2) is 0 Å². The minimum atomic E-state index is 0.840. The summed E-state index contributed by atoms with van der Waals surface area (Å²) in [5.74, 6) is 0.840. The van der Waals surface area contributed by atoms with Crippen LogP contribution >= 0.6 is 11.3 Å². The molecule has 1 aromatic carbocycles. The normalized spacial score (nSPS) is 10.5. The van der Waals surface area contributed by atoms with Crippen LogP contribution in [-0.2, 0) is 0 Å². The number of benzene rings is 1. The Balaban J connectivity index is 2.67. The fourth-order valence-corrected chi connectivity index (χ4v) is 2.06. The molecule has 1 heterocycles. The lowest BCUT2D eigenvalue weighted by atomic mass is 10.2. The number of ether oxygens (including phenoxy) is 1. The minimum Gasteiger partial charge on any atom is -0.494 e. The second-order valence-electron chi connectivity index (χ2n) is 3.24. The number of fused-ring (bicyclic) bond motifs is 1. The van der Waals surface area contributed by atoms with Crippen molar-refractivity contribution in [3.05, 3.63) is 17.6 Å². The predicted molar refractivity (Wildman–Crippen MR) is 60.5 cm³/mol. The number of aromatic nitrogens is 1. The highest BCUT2D eigenvalue weighted by Gasteiger charge is 2.07. The van der Waals surface area contributed by atoms with Gasteiger partial charge in [-0.15, -0.1) is 11.3 Å². The molecule has 0 amide bonds. The second-order valence-corrected chi connectivity index (χ2v) is 4.13. The van der Waals surface area contributed by atoms with E-state index in [1.807, 2.05) is 25.7 Å². The Bertz CT molecular complexity index is 450. The summed E-state index contributed by atoms with van der Waals surface area (Å²) in [4.78, 5) is 6.32. The number of anilines is 1. The summed E-state index contributed by atoms with van der Waals surface area (Å²) in [6.45, 7) is 0. The largest absolute Gasteiger partial charge is 0.494 e. The molecule has 0 saturated carbocycles. The van der Waals surface area contributed by atoms with Gasteiger partial charge in [-0.1, -0.05) is 0 Å². The van der Waals surface area contributed by atoms with Gasteiger partial charge in [-0.05, 0) is 6.07 Å². The minimum absolute atomic E-state index is 0.840. The maximum Gasteiger partial charge on any atom is 0.148 e. The summed E-state index contributed by atoms with van der Waals surface area (Å²) < 4.78 is 6.45. The summed E-state index contributed by atoms with van der Waals surface area (Å²) in [5, 5.41) is 0. The fourth-order valence-electron chi connectivity index (χ4n) is 1.34. The molecule has 0 atom stereocenters. The zero-order valence-corrected chi connectivity index (χ0v) is 9.26. The van der Waals surface area contributed by atoms with E-state index in [1.165, 1.54) is 0 Å². The van der Waals surface area contributed by atoms with Gasteiger partial charge in [0.25, 0.3) is 0 Å². The maximum atomic E-state index is 5.29. The molecule has 4 heteroatoms. The van der Waals surface area contributed by atoms with Crippen LogP contribution < -0.4 is 9.64 Å². The second kappa shape index (κ2) is 3.46. The Kier molecular flexibility index (Phi) is 2.29. The smallest absolute Gasteiger partial charge is 0.148 e. The zero-order valence-electron chi connectivity index (χ0n) is 8.44. The highest BCUT2D eigenvalue weighted by molar-refractivity contribution is 7.16. The summed E-state index contributed by atoms with van der Waals surface area (Å²) in [7, 11) is 5.71. The maximum absolute atomic E-state index is 5.29. The van der Waals surface area contributed by atoms with Crippen molar-refractivity contribution in [2.45, 2.75) is 0 Å². The molecule has 0 aliphatic heterocycles. The van der Waals surface area contributed by atoms with E-state index in [2.05, 4.69) is 16.0 Å². The zero-order chi connectivity index (χ0) is 10.1. The highest BCUT2D eigenvalue weighted by atomic mass is 32.1. The van der Waals surface area contributed by atoms with Gasteiger partial charge in [0, 0.05) is 25.8 Å². The number of hydrogen-bond acceptors (Lipinski definition) is 4. The van der Waals surface area contributed by atoms with Gasteiger partial charge in [0.05, 0.1) is 17.3 Å². The van der Waals surface area contributed by atoms with Crippen LogP contribution in [0.3, 0.4) is 0 Å². The van der Waals surface area contributed by atoms with Gasteiger partial charge in [0.1, 0.15) is 11.3 Å². The molecule has 0 bridgehead atoms. The van der Waals surface area contributed by atoms with E-state index in [0.717, 1.165) is 21.7 Å². The molecule has 0 unspecified atom stereocenters. The Morgan fingerprint density at radius 1 is 1.36 bits per heavy atom. The number of methoxy groups -OCH3 is 1. The summed E-state index contributed by atoms with van der Waals surface area (Å²) in [5.41, 5.74) is 3.92. The van der Waals surface area contributed by atoms with Crippen LogP contribution in [0.1, 0.15) is 0 Å². The van der Waals surface area contributed by atoms with Crippen molar-refractivity contribution in [3.8, 4) is 5.75 Å². The Morgan fingerprint density at radius 3 is 2.79 bits per heavy atom. The number of hydrogen-bond donors (Lipinski definition) is 0. The lowest BCUT2D eigenvalue weighted by molar-refractivity contribution is 0.419. The van der Waals surface area contributed by atoms with E-state index in [4.69, 9.17) is 4.74 Å². The van der Waals surface area contributed by atoms with E-state index in [0.29, 0.717) is 0 Å². The van der Waals surface area contributed by atoms with Crippen LogP contribution in [0.5, 0.6) is 5.75 Å². The Morgan fingerprint density at radius 2 is 2.14 bits per heavy atom. The van der Waals surface area contributed by atoms with E-state index >= 15 is 0 Å². The first-order chi connectivity index (χ1) is 6.72. The summed E-state index contributed by atoms with van der Waals surface area (Å²) >= 11 is 1.63. The van der Waals surface area contributed by atoms with Crippen molar-refractivity contribution in [3.63, 3.8) is 0 Å². The van der Waals surface area contributed by atoms with E-state index in [9.17, 15) is 0 Å². The van der Waals surface area contributed by atoms with E-state index in [1.54, 1.807) is 18.4 Å². The van der Waals surface area contributed by atoms with Crippen LogP contribution in [-0.4, -0.2) is 26.2 Å². The molecular formula is C10H12N2OS. The molecule has 2 rings (SSSR count). The molecule has 0 fully saturated rings. The van der Waals surface area contributed by atoms with Crippen LogP contribution in [0.15, 0.2) is 17.6 Å². The predicted octanol–water partition coefficient (Wildman–Crippen LogP) is 2.37. The van der Waals surface area contributed by atoms with Gasteiger partial charge < -0.3 is 9.64 Å². The van der Waals surface area contributed by atoms with Crippen molar-refractivity contribution in [1.29, 1.82) is 0 Å². The lowest BCUT2D eigenvalue weighted by Crippen LogP contribution is -2.08. The first-order valence-electron chi connectivity index (χ1n) is 4.31. The van der Waals surface area contributed by atoms with Crippen molar-refractivity contribution < 1.29 is 4.74 Å². The van der Waals surface area contributed by atoms with E-state index < -0.39 is 0 Å². The monoisotopic (exact) mass is 208 g/mol. The van der Waals surface area contributed by atoms with Gasteiger partial charge in [-0.2, -0.15) is 0 Å². The van der Waals surface area contributed by atoms with Gasteiger partial charge in [-0.3, -0.25) is 0 Å². The van der Waals surface area contributed by atoms with Gasteiger partial charge in [-0.25, -0.2) is 4.98 Å². The van der Waals surface area contributed by atoms with Crippen molar-refractivity contribution >= 4 is 27.2 Å². The molecule has 74 valence electrons. The average molecular weight is 208 g/mol. The van der Waals surface area contributed by atoms with Crippen molar-refractivity contribution in [1.82, 2.24) is 4.98 Å². The standard InChI is InChI=1S/C10H12N2OS/c1-12(2)7-4-8(13-3)10-9(5-7)14-6-11-10/h4-6H,1-3H3. The first kappa shape index (κ1) is 9.27. The van der Waals surface area contributed by atoms with Gasteiger partial charge in [0.2, 0.25) is 0 Å². The van der Waals surface area contributed by atoms with Crippen LogP contribution in [0.2, 0.25) is 0 Å². The third-order valence-electron chi connectivity index (χ3n) is 2.12. The molecule has 0 aliphatic carbocycles. The Labute approximate surface area is 86.9 Å². The van der Waals surface area contributed by atoms with Gasteiger partial charge >= 0.3 is 0 Å². The molecule has 0 aliphatic rings. The van der Waals surface area contributed by atoms with Crippen LogP contribution in [0.4, 0.5) is 5.69 Å². The number of nitrogens with zero attached hydrogens (tertiary/aromatic N) is 2. The summed E-state index contributed by atoms with van der Waals surface area (Å²) in [6, 6.07) is 4.12. The third kappa shape index (κ3) is 1.42. The SMILES string of the molecule is COc1cc(N(C)C)cc2scnc12. The number of rotatable bonds is 2. The molecule has 0 saturated heterocycles. The Hall–Kier alpha value is -1.29. The molecule has 14 heavy (non-hydrogen) atoms. The molecule has 0 N–H and O–H groups in total. The highest BCUT2D eigenvalue weighted by Crippen LogP contribution is 2.32. The molecule has 1 aromatic heterocycles. The molecular weight excluding hydrogens is 196 g/mol. The molecule has 3 nitrogen and oxygen atoms in total. The molecule has 0 spiro atoms. The molecule has 0 radical (unpaired) electrons. The quantitative estimate of drug-likeness (QED) is 0.757. The van der Waals surface area contributed by atoms with Crippen molar-refractivity contribution in [2.75, 3.05) is 26.1 Å². The van der Waals surface area contributed by atoms with E-state index in [-0.39, 0.29) is 0 Å². The first-order valence-corrected chi connectivity index (χ1v) is 5.19. The number of thiazole rings is 1. The summed E-state index contributed by atoms with van der Waals surface area (Å²) in [6.07, 6.45) is 0. The average Bonchev–Trinajstić information content (AvgIpc) is 2.63. The van der Waals surface area contributed by atoms with Crippen LogP contribution in [0, 0.1) is 0 Å². The molecule has 2 aromatic rings.